The van der Waals surface area contributed by atoms with Crippen molar-refractivity contribution in [2.24, 2.45) is 0 Å². The van der Waals surface area contributed by atoms with Crippen LogP contribution in [0.1, 0.15) is 52.1 Å². The summed E-state index contributed by atoms with van der Waals surface area (Å²) in [7, 11) is 0. The highest BCUT2D eigenvalue weighted by molar-refractivity contribution is 5.10. The SMILES string of the molecule is C#CC(C)(CC)NCc1noc(C(OCC)OCC)n1. The number of hydrogen-bond acceptors (Lipinski definition) is 6. The first-order chi connectivity index (χ1) is 9.58. The van der Waals surface area contributed by atoms with Crippen molar-refractivity contribution in [3.63, 3.8) is 0 Å². The maximum absolute atomic E-state index is 5.50. The monoisotopic (exact) mass is 281 g/mol. The fourth-order valence-electron chi connectivity index (χ4n) is 1.48. The maximum atomic E-state index is 5.50. The van der Waals surface area contributed by atoms with E-state index in [0.29, 0.717) is 31.5 Å². The molecule has 0 fully saturated rings. The Balaban J connectivity index is 2.65. The number of nitrogens with zero attached hydrogens (tertiary/aromatic N) is 2. The second kappa shape index (κ2) is 8.00. The molecule has 0 bridgehead atoms. The van der Waals surface area contributed by atoms with Crippen LogP contribution < -0.4 is 5.32 Å². The van der Waals surface area contributed by atoms with E-state index in [-0.39, 0.29) is 5.54 Å². The second-order valence-electron chi connectivity index (χ2n) is 4.48. The lowest BCUT2D eigenvalue weighted by atomic mass is 10.0. The standard InChI is InChI=1S/C14H23N3O3/c1-6-14(5,7-2)15-10-11-16-12(20-17-11)13(18-8-3)19-9-4/h1,13,15H,7-10H2,2-5H3. The summed E-state index contributed by atoms with van der Waals surface area (Å²) in [6.45, 7) is 9.18. The fraction of sp³-hybridized carbons (Fsp3) is 0.714. The molecular weight excluding hydrogens is 258 g/mol. The minimum absolute atomic E-state index is 0.324. The van der Waals surface area contributed by atoms with Gasteiger partial charge in [0, 0.05) is 13.2 Å². The number of terminal acetylenes is 1. The predicted octanol–water partition coefficient (Wildman–Crippen LogP) is 2.03. The summed E-state index contributed by atoms with van der Waals surface area (Å²) in [6, 6.07) is 0. The maximum Gasteiger partial charge on any atom is 0.283 e. The van der Waals surface area contributed by atoms with Crippen molar-refractivity contribution >= 4 is 0 Å². The van der Waals surface area contributed by atoms with E-state index < -0.39 is 6.29 Å². The Morgan fingerprint density at radius 3 is 2.50 bits per heavy atom. The highest BCUT2D eigenvalue weighted by atomic mass is 16.7. The van der Waals surface area contributed by atoms with Gasteiger partial charge in [0.15, 0.2) is 5.82 Å². The van der Waals surface area contributed by atoms with E-state index in [0.717, 1.165) is 6.42 Å². The van der Waals surface area contributed by atoms with Gasteiger partial charge in [-0.05, 0) is 27.2 Å². The van der Waals surface area contributed by atoms with Crippen molar-refractivity contribution in [2.45, 2.75) is 52.5 Å². The van der Waals surface area contributed by atoms with Crippen LogP contribution in [0.15, 0.2) is 4.52 Å². The van der Waals surface area contributed by atoms with Crippen LogP contribution in [0.2, 0.25) is 0 Å². The summed E-state index contributed by atoms with van der Waals surface area (Å²) in [5.74, 6) is 3.57. The van der Waals surface area contributed by atoms with E-state index in [4.69, 9.17) is 20.4 Å². The Labute approximate surface area is 120 Å². The average Bonchev–Trinajstić information content (AvgIpc) is 2.93. The molecule has 1 rings (SSSR count). The highest BCUT2D eigenvalue weighted by Crippen LogP contribution is 2.17. The molecular formula is C14H23N3O3. The number of ether oxygens (including phenoxy) is 2. The molecule has 0 amide bonds. The van der Waals surface area contributed by atoms with Gasteiger partial charge >= 0.3 is 0 Å². The van der Waals surface area contributed by atoms with Gasteiger partial charge in [0.2, 0.25) is 6.29 Å². The van der Waals surface area contributed by atoms with Crippen LogP contribution in [0.4, 0.5) is 0 Å². The van der Waals surface area contributed by atoms with Gasteiger partial charge in [0.1, 0.15) is 0 Å². The van der Waals surface area contributed by atoms with Crippen molar-refractivity contribution < 1.29 is 14.0 Å². The Bertz CT molecular complexity index is 435. The van der Waals surface area contributed by atoms with Crippen LogP contribution in [0.3, 0.4) is 0 Å². The van der Waals surface area contributed by atoms with E-state index >= 15 is 0 Å². The number of nitrogens with one attached hydrogen (secondary N) is 1. The molecule has 6 nitrogen and oxygen atoms in total. The first kappa shape index (κ1) is 16.6. The number of aromatic nitrogens is 2. The van der Waals surface area contributed by atoms with Gasteiger partial charge in [-0.3, -0.25) is 5.32 Å². The van der Waals surface area contributed by atoms with Crippen LogP contribution in [0.25, 0.3) is 0 Å². The van der Waals surface area contributed by atoms with Gasteiger partial charge in [-0.15, -0.1) is 6.42 Å². The molecule has 0 spiro atoms. The summed E-state index contributed by atoms with van der Waals surface area (Å²) < 4.78 is 16.0. The van der Waals surface area contributed by atoms with E-state index in [1.165, 1.54) is 0 Å². The van der Waals surface area contributed by atoms with Gasteiger partial charge in [0.25, 0.3) is 5.89 Å². The van der Waals surface area contributed by atoms with Gasteiger partial charge in [-0.2, -0.15) is 4.98 Å². The zero-order chi connectivity index (χ0) is 15.0. The molecule has 1 unspecified atom stereocenters. The molecule has 1 aromatic rings. The third kappa shape index (κ3) is 4.60. The molecule has 0 radical (unpaired) electrons. The molecule has 0 aliphatic rings. The largest absolute Gasteiger partial charge is 0.345 e. The van der Waals surface area contributed by atoms with Crippen LogP contribution in [0.5, 0.6) is 0 Å². The van der Waals surface area contributed by atoms with E-state index in [1.807, 2.05) is 27.7 Å². The van der Waals surface area contributed by atoms with Gasteiger partial charge in [-0.25, -0.2) is 0 Å². The molecule has 0 saturated heterocycles. The predicted molar refractivity (Wildman–Crippen MR) is 74.7 cm³/mol. The average molecular weight is 281 g/mol. The molecule has 1 N–H and O–H groups in total. The molecule has 1 heterocycles. The molecule has 6 heteroatoms. The summed E-state index contributed by atoms with van der Waals surface area (Å²) in [6.07, 6.45) is 5.70. The van der Waals surface area contributed by atoms with Crippen LogP contribution in [-0.4, -0.2) is 28.9 Å². The highest BCUT2D eigenvalue weighted by Gasteiger charge is 2.22. The summed E-state index contributed by atoms with van der Waals surface area (Å²) >= 11 is 0. The first-order valence-corrected chi connectivity index (χ1v) is 6.87. The van der Waals surface area contributed by atoms with Crippen molar-refractivity contribution in [2.75, 3.05) is 13.2 Å². The molecule has 0 saturated carbocycles. The summed E-state index contributed by atoms with van der Waals surface area (Å²) in [5, 5.41) is 7.12. The topological polar surface area (TPSA) is 69.4 Å². The molecule has 112 valence electrons. The van der Waals surface area contributed by atoms with Crippen LogP contribution in [-0.2, 0) is 16.0 Å². The van der Waals surface area contributed by atoms with Crippen molar-refractivity contribution in [3.05, 3.63) is 11.7 Å². The van der Waals surface area contributed by atoms with Crippen molar-refractivity contribution in [3.8, 4) is 12.3 Å². The molecule has 0 aliphatic carbocycles. The Kier molecular flexibility index (Phi) is 6.65. The third-order valence-electron chi connectivity index (χ3n) is 2.98. The molecule has 0 aromatic carbocycles. The lowest BCUT2D eigenvalue weighted by Gasteiger charge is -2.22. The quantitative estimate of drug-likeness (QED) is 0.552. The minimum Gasteiger partial charge on any atom is -0.345 e. The normalized spacial score (nSPS) is 14.2. The van der Waals surface area contributed by atoms with Crippen LogP contribution in [0, 0.1) is 12.3 Å². The van der Waals surface area contributed by atoms with Crippen molar-refractivity contribution in [1.82, 2.24) is 15.5 Å². The summed E-state index contributed by atoms with van der Waals surface area (Å²) in [5.41, 5.74) is -0.375. The van der Waals surface area contributed by atoms with Gasteiger partial charge in [-0.1, -0.05) is 18.0 Å². The van der Waals surface area contributed by atoms with E-state index in [1.54, 1.807) is 0 Å². The third-order valence-corrected chi connectivity index (χ3v) is 2.98. The van der Waals surface area contributed by atoms with E-state index in [2.05, 4.69) is 21.4 Å². The Morgan fingerprint density at radius 1 is 1.35 bits per heavy atom. The van der Waals surface area contributed by atoms with Crippen LogP contribution >= 0.6 is 0 Å². The Hall–Kier alpha value is -1.42. The first-order valence-electron chi connectivity index (χ1n) is 6.87. The Morgan fingerprint density at radius 2 is 2.00 bits per heavy atom. The molecule has 1 atom stereocenters. The number of rotatable bonds is 9. The van der Waals surface area contributed by atoms with Gasteiger partial charge in [0.05, 0.1) is 12.1 Å². The lowest BCUT2D eigenvalue weighted by Crippen LogP contribution is -2.39. The molecule has 20 heavy (non-hydrogen) atoms. The minimum atomic E-state index is -0.614. The van der Waals surface area contributed by atoms with Gasteiger partial charge < -0.3 is 14.0 Å². The number of hydrogen-bond donors (Lipinski definition) is 1. The summed E-state index contributed by atoms with van der Waals surface area (Å²) in [4.78, 5) is 4.26. The lowest BCUT2D eigenvalue weighted by molar-refractivity contribution is -0.155. The van der Waals surface area contributed by atoms with E-state index in [9.17, 15) is 0 Å². The zero-order valence-electron chi connectivity index (χ0n) is 12.6. The molecule has 1 aromatic heterocycles. The fourth-order valence-corrected chi connectivity index (χ4v) is 1.48. The van der Waals surface area contributed by atoms with Crippen molar-refractivity contribution in [1.29, 1.82) is 0 Å². The second-order valence-corrected chi connectivity index (χ2v) is 4.48. The molecule has 0 aliphatic heterocycles. The zero-order valence-corrected chi connectivity index (χ0v) is 12.6. The smallest absolute Gasteiger partial charge is 0.283 e.